The number of aliphatic imine (C=N–C) groups is 1. The smallest absolute Gasteiger partial charge is 0.191 e. The fraction of sp³-hybridized carbons (Fsp3) is 0.526. The minimum Gasteiger partial charge on any atom is -0.493 e. The molecule has 2 saturated heterocycles. The summed E-state index contributed by atoms with van der Waals surface area (Å²) in [6, 6.07) is 6.14. The molecule has 2 fully saturated rings. The third-order valence-corrected chi connectivity index (χ3v) is 4.65. The Morgan fingerprint density at radius 2 is 2.28 bits per heavy atom. The van der Waals surface area contributed by atoms with Crippen molar-refractivity contribution in [2.45, 2.75) is 44.1 Å². The Bertz CT molecular complexity index is 668. The molecule has 0 aromatic heterocycles. The lowest BCUT2D eigenvalue weighted by Gasteiger charge is -2.22. The van der Waals surface area contributed by atoms with Gasteiger partial charge in [0.05, 0.1) is 25.4 Å². The van der Waals surface area contributed by atoms with E-state index in [-0.39, 0.29) is 6.61 Å². The lowest BCUT2D eigenvalue weighted by atomic mass is 9.96. The number of nitrogens with one attached hydrogen (secondary N) is 2. The van der Waals surface area contributed by atoms with Crippen molar-refractivity contribution in [2.75, 3.05) is 20.8 Å². The van der Waals surface area contributed by atoms with Crippen LogP contribution in [0.3, 0.4) is 0 Å². The van der Waals surface area contributed by atoms with Gasteiger partial charge in [-0.3, -0.25) is 4.99 Å². The van der Waals surface area contributed by atoms with E-state index < -0.39 is 0 Å². The number of hydrogen-bond donors (Lipinski definition) is 2. The highest BCUT2D eigenvalue weighted by molar-refractivity contribution is 5.80. The second-order valence-corrected chi connectivity index (χ2v) is 6.26. The van der Waals surface area contributed by atoms with Gasteiger partial charge in [0.2, 0.25) is 0 Å². The molecule has 3 atom stereocenters. The molecule has 3 rings (SSSR count). The Morgan fingerprint density at radius 1 is 1.40 bits per heavy atom. The number of methoxy groups -OCH3 is 1. The first kappa shape index (κ1) is 17.4. The molecule has 2 N–H and O–H groups in total. The number of fused-ring (bicyclic) bond motifs is 2. The van der Waals surface area contributed by atoms with E-state index in [0.717, 1.165) is 24.4 Å². The van der Waals surface area contributed by atoms with Crippen molar-refractivity contribution in [3.05, 3.63) is 23.8 Å². The average molecular weight is 343 g/mol. The third kappa shape index (κ3) is 4.18. The number of benzene rings is 1. The first-order chi connectivity index (χ1) is 12.2. The molecule has 6 heteroatoms. The molecule has 0 saturated carbocycles. The fourth-order valence-corrected chi connectivity index (χ4v) is 3.41. The van der Waals surface area contributed by atoms with Gasteiger partial charge >= 0.3 is 0 Å². The fourth-order valence-electron chi connectivity index (χ4n) is 3.41. The maximum Gasteiger partial charge on any atom is 0.191 e. The molecule has 0 aliphatic carbocycles. The van der Waals surface area contributed by atoms with Crippen molar-refractivity contribution in [1.29, 1.82) is 0 Å². The molecule has 0 radical (unpaired) electrons. The van der Waals surface area contributed by atoms with Gasteiger partial charge in [-0.2, -0.15) is 0 Å². The van der Waals surface area contributed by atoms with E-state index in [4.69, 9.17) is 20.6 Å². The molecule has 134 valence electrons. The summed E-state index contributed by atoms with van der Waals surface area (Å²) < 4.78 is 16.7. The molecule has 3 unspecified atom stereocenters. The molecule has 2 heterocycles. The SMILES string of the molecule is C#CCOc1cc(CNC(=NC)NC2CC3CCC2O3)ccc1OC. The highest BCUT2D eigenvalue weighted by Crippen LogP contribution is 2.34. The van der Waals surface area contributed by atoms with Crippen LogP contribution in [0.2, 0.25) is 0 Å². The van der Waals surface area contributed by atoms with E-state index in [1.807, 2.05) is 18.2 Å². The van der Waals surface area contributed by atoms with Gasteiger partial charge in [-0.15, -0.1) is 6.42 Å². The zero-order valence-electron chi connectivity index (χ0n) is 14.7. The van der Waals surface area contributed by atoms with Crippen LogP contribution in [0, 0.1) is 12.3 Å². The van der Waals surface area contributed by atoms with E-state index in [2.05, 4.69) is 21.5 Å². The Labute approximate surface area is 148 Å². The van der Waals surface area contributed by atoms with Crippen LogP contribution in [0.5, 0.6) is 11.5 Å². The van der Waals surface area contributed by atoms with E-state index in [1.165, 1.54) is 6.42 Å². The molecule has 2 bridgehead atoms. The van der Waals surface area contributed by atoms with Crippen molar-refractivity contribution in [2.24, 2.45) is 4.99 Å². The minimum atomic E-state index is 0.209. The lowest BCUT2D eigenvalue weighted by Crippen LogP contribution is -2.47. The molecule has 2 aliphatic heterocycles. The second-order valence-electron chi connectivity index (χ2n) is 6.26. The summed E-state index contributed by atoms with van der Waals surface area (Å²) in [6.45, 7) is 0.832. The van der Waals surface area contributed by atoms with E-state index >= 15 is 0 Å². The summed E-state index contributed by atoms with van der Waals surface area (Å²) in [6.07, 6.45) is 9.36. The van der Waals surface area contributed by atoms with Crippen LogP contribution in [0.25, 0.3) is 0 Å². The van der Waals surface area contributed by atoms with Gasteiger partial charge in [-0.1, -0.05) is 12.0 Å². The van der Waals surface area contributed by atoms with E-state index in [9.17, 15) is 0 Å². The largest absolute Gasteiger partial charge is 0.493 e. The molecular formula is C19H25N3O3. The lowest BCUT2D eigenvalue weighted by molar-refractivity contribution is 0.0992. The van der Waals surface area contributed by atoms with Crippen LogP contribution in [-0.4, -0.2) is 45.0 Å². The van der Waals surface area contributed by atoms with Crippen LogP contribution in [0.1, 0.15) is 24.8 Å². The topological polar surface area (TPSA) is 64.1 Å². The third-order valence-electron chi connectivity index (χ3n) is 4.65. The standard InChI is InChI=1S/C19H25N3O3/c1-4-9-24-18-10-13(5-7-17(18)23-3)12-21-19(20-2)22-15-11-14-6-8-16(15)25-14/h1,5,7,10,14-16H,6,8-9,11-12H2,2-3H3,(H2,20,21,22). The van der Waals surface area contributed by atoms with Gasteiger partial charge in [-0.25, -0.2) is 0 Å². The average Bonchev–Trinajstić information content (AvgIpc) is 3.26. The van der Waals surface area contributed by atoms with Crippen molar-refractivity contribution >= 4 is 5.96 Å². The number of rotatable bonds is 6. The molecule has 1 aromatic rings. The number of guanidine groups is 1. The number of hydrogen-bond acceptors (Lipinski definition) is 4. The number of terminal acetylenes is 1. The van der Waals surface area contributed by atoms with Crippen LogP contribution in [0.15, 0.2) is 23.2 Å². The summed E-state index contributed by atoms with van der Waals surface area (Å²) >= 11 is 0. The Balaban J connectivity index is 1.57. The Hall–Kier alpha value is -2.39. The van der Waals surface area contributed by atoms with Gasteiger partial charge in [0.1, 0.15) is 6.61 Å². The monoisotopic (exact) mass is 343 g/mol. The summed E-state index contributed by atoms with van der Waals surface area (Å²) in [4.78, 5) is 4.31. The summed E-state index contributed by atoms with van der Waals surface area (Å²) in [5.41, 5.74) is 1.06. The van der Waals surface area contributed by atoms with Crippen LogP contribution >= 0.6 is 0 Å². The van der Waals surface area contributed by atoms with Gasteiger partial charge in [-0.05, 0) is 37.0 Å². The molecular weight excluding hydrogens is 318 g/mol. The zero-order chi connectivity index (χ0) is 17.6. The molecule has 2 aliphatic rings. The van der Waals surface area contributed by atoms with Gasteiger partial charge < -0.3 is 24.8 Å². The molecule has 1 aromatic carbocycles. The van der Waals surface area contributed by atoms with E-state index in [0.29, 0.717) is 36.3 Å². The second kappa shape index (κ2) is 8.13. The molecule has 0 spiro atoms. The van der Waals surface area contributed by atoms with Crippen LogP contribution in [0.4, 0.5) is 0 Å². The van der Waals surface area contributed by atoms with Crippen molar-refractivity contribution in [1.82, 2.24) is 10.6 Å². The highest BCUT2D eigenvalue weighted by Gasteiger charge is 2.41. The van der Waals surface area contributed by atoms with Crippen molar-refractivity contribution in [3.63, 3.8) is 0 Å². The van der Waals surface area contributed by atoms with Crippen molar-refractivity contribution in [3.8, 4) is 23.8 Å². The van der Waals surface area contributed by atoms with Gasteiger partial charge in [0, 0.05) is 13.6 Å². The molecule has 25 heavy (non-hydrogen) atoms. The number of nitrogens with zero attached hydrogens (tertiary/aromatic N) is 1. The predicted octanol–water partition coefficient (Wildman–Crippen LogP) is 1.69. The zero-order valence-corrected chi connectivity index (χ0v) is 14.7. The predicted molar refractivity (Wildman–Crippen MR) is 97.0 cm³/mol. The van der Waals surface area contributed by atoms with E-state index in [1.54, 1.807) is 14.2 Å². The first-order valence-electron chi connectivity index (χ1n) is 8.59. The van der Waals surface area contributed by atoms with Gasteiger partial charge in [0.15, 0.2) is 17.5 Å². The Morgan fingerprint density at radius 3 is 2.92 bits per heavy atom. The van der Waals surface area contributed by atoms with Crippen LogP contribution < -0.4 is 20.1 Å². The first-order valence-corrected chi connectivity index (χ1v) is 8.59. The summed E-state index contributed by atoms with van der Waals surface area (Å²) in [7, 11) is 3.39. The quantitative estimate of drug-likeness (QED) is 0.468. The number of ether oxygens (including phenoxy) is 3. The summed E-state index contributed by atoms with van der Waals surface area (Å²) in [5, 5.41) is 6.81. The Kier molecular flexibility index (Phi) is 5.67. The minimum absolute atomic E-state index is 0.209. The summed E-state index contributed by atoms with van der Waals surface area (Å²) in [5.74, 6) is 4.56. The van der Waals surface area contributed by atoms with Crippen LogP contribution in [-0.2, 0) is 11.3 Å². The van der Waals surface area contributed by atoms with Crippen molar-refractivity contribution < 1.29 is 14.2 Å². The highest BCUT2D eigenvalue weighted by atomic mass is 16.5. The van der Waals surface area contributed by atoms with Gasteiger partial charge in [0.25, 0.3) is 0 Å². The molecule has 0 amide bonds. The normalized spacial score (nSPS) is 24.7. The maximum absolute atomic E-state index is 5.88. The molecule has 6 nitrogen and oxygen atoms in total. The maximum atomic E-state index is 5.88.